The van der Waals surface area contributed by atoms with Crippen LogP contribution in [0.4, 0.5) is 10.1 Å². The number of nitro groups is 1. The smallest absolute Gasteiger partial charge is 0.288 e. The van der Waals surface area contributed by atoms with E-state index < -0.39 is 16.4 Å². The van der Waals surface area contributed by atoms with Crippen molar-refractivity contribution in [1.82, 2.24) is 9.97 Å². The van der Waals surface area contributed by atoms with E-state index in [1.165, 1.54) is 7.11 Å². The summed E-state index contributed by atoms with van der Waals surface area (Å²) in [5.74, 6) is -0.753. The standard InChI is InChI=1S/C11H6Cl2FN3O3/c1-20-11-9(13)10(15-4-16-11)5-2-8(17(18)19)6(12)3-7(5)14/h2-4H,1H3. The number of halogens is 3. The maximum Gasteiger partial charge on any atom is 0.288 e. The van der Waals surface area contributed by atoms with Crippen molar-refractivity contribution in [3.8, 4) is 17.1 Å². The molecule has 0 fully saturated rings. The largest absolute Gasteiger partial charge is 0.480 e. The molecule has 0 N–H and O–H groups in total. The van der Waals surface area contributed by atoms with Crippen LogP contribution in [0.2, 0.25) is 10.0 Å². The molecule has 1 heterocycles. The fraction of sp³-hybridized carbons (Fsp3) is 0.0909. The average molecular weight is 318 g/mol. The van der Waals surface area contributed by atoms with Gasteiger partial charge in [0.1, 0.15) is 22.2 Å². The van der Waals surface area contributed by atoms with E-state index in [1.54, 1.807) is 0 Å². The zero-order chi connectivity index (χ0) is 14.9. The number of methoxy groups -OCH3 is 1. The minimum absolute atomic E-state index is 0.0178. The van der Waals surface area contributed by atoms with E-state index in [0.717, 1.165) is 18.5 Å². The van der Waals surface area contributed by atoms with Crippen LogP contribution in [0, 0.1) is 15.9 Å². The molecule has 9 heteroatoms. The first kappa shape index (κ1) is 14.4. The molecular weight excluding hydrogens is 312 g/mol. The Morgan fingerprint density at radius 1 is 1.35 bits per heavy atom. The SMILES string of the molecule is COc1ncnc(-c2cc([N+](=O)[O-])c(Cl)cc2F)c1Cl. The van der Waals surface area contributed by atoms with Crippen LogP contribution >= 0.6 is 23.2 Å². The lowest BCUT2D eigenvalue weighted by atomic mass is 10.1. The number of nitro benzene ring substituents is 1. The predicted molar refractivity (Wildman–Crippen MR) is 70.7 cm³/mol. The molecule has 0 unspecified atom stereocenters. The lowest BCUT2D eigenvalue weighted by molar-refractivity contribution is -0.384. The van der Waals surface area contributed by atoms with Crippen LogP contribution in [-0.2, 0) is 0 Å². The van der Waals surface area contributed by atoms with Gasteiger partial charge in [0.25, 0.3) is 5.69 Å². The quantitative estimate of drug-likeness (QED) is 0.639. The van der Waals surface area contributed by atoms with Crippen molar-refractivity contribution in [2.75, 3.05) is 7.11 Å². The second-order valence-electron chi connectivity index (χ2n) is 3.59. The molecule has 1 aromatic carbocycles. The minimum Gasteiger partial charge on any atom is -0.480 e. The van der Waals surface area contributed by atoms with E-state index in [2.05, 4.69) is 9.97 Å². The minimum atomic E-state index is -0.789. The van der Waals surface area contributed by atoms with E-state index in [1.807, 2.05) is 0 Å². The molecular formula is C11H6Cl2FN3O3. The second kappa shape index (κ2) is 5.56. The van der Waals surface area contributed by atoms with Gasteiger partial charge in [0, 0.05) is 17.7 Å². The highest BCUT2D eigenvalue weighted by molar-refractivity contribution is 6.34. The van der Waals surface area contributed by atoms with Gasteiger partial charge in [0.05, 0.1) is 17.7 Å². The summed E-state index contributed by atoms with van der Waals surface area (Å²) in [4.78, 5) is 17.7. The molecule has 0 spiro atoms. The highest BCUT2D eigenvalue weighted by atomic mass is 35.5. The summed E-state index contributed by atoms with van der Waals surface area (Å²) in [6.07, 6.45) is 1.11. The Labute approximate surface area is 122 Å². The third-order valence-corrected chi connectivity index (χ3v) is 3.08. The molecule has 1 aromatic heterocycles. The summed E-state index contributed by atoms with van der Waals surface area (Å²) >= 11 is 11.6. The Morgan fingerprint density at radius 3 is 2.65 bits per heavy atom. The zero-order valence-corrected chi connectivity index (χ0v) is 11.4. The number of aromatic nitrogens is 2. The van der Waals surface area contributed by atoms with Crippen LogP contribution in [0.3, 0.4) is 0 Å². The van der Waals surface area contributed by atoms with Gasteiger partial charge < -0.3 is 4.74 Å². The summed E-state index contributed by atoms with van der Waals surface area (Å²) < 4.78 is 18.8. The number of rotatable bonds is 3. The third-order valence-electron chi connectivity index (χ3n) is 2.44. The van der Waals surface area contributed by atoms with Gasteiger partial charge in [-0.05, 0) is 0 Å². The zero-order valence-electron chi connectivity index (χ0n) is 9.93. The average Bonchev–Trinajstić information content (AvgIpc) is 2.39. The van der Waals surface area contributed by atoms with E-state index in [9.17, 15) is 14.5 Å². The fourth-order valence-electron chi connectivity index (χ4n) is 1.54. The van der Waals surface area contributed by atoms with Crippen molar-refractivity contribution >= 4 is 28.9 Å². The van der Waals surface area contributed by atoms with Crippen molar-refractivity contribution in [3.05, 3.63) is 44.4 Å². The van der Waals surface area contributed by atoms with Gasteiger partial charge in [-0.15, -0.1) is 0 Å². The molecule has 0 aliphatic rings. The lowest BCUT2D eigenvalue weighted by Crippen LogP contribution is -1.97. The highest BCUT2D eigenvalue weighted by Gasteiger charge is 2.21. The molecule has 0 saturated carbocycles. The van der Waals surface area contributed by atoms with E-state index in [-0.39, 0.29) is 27.2 Å². The van der Waals surface area contributed by atoms with Gasteiger partial charge in [-0.3, -0.25) is 10.1 Å². The Kier molecular flexibility index (Phi) is 4.01. The van der Waals surface area contributed by atoms with Crippen molar-refractivity contribution < 1.29 is 14.1 Å². The molecule has 6 nitrogen and oxygen atoms in total. The first-order valence-corrected chi connectivity index (χ1v) is 5.89. The monoisotopic (exact) mass is 317 g/mol. The Balaban J connectivity index is 2.70. The van der Waals surface area contributed by atoms with Crippen molar-refractivity contribution in [2.24, 2.45) is 0 Å². The Hall–Kier alpha value is -1.99. The maximum absolute atomic E-state index is 13.9. The van der Waals surface area contributed by atoms with Gasteiger partial charge in [-0.2, -0.15) is 0 Å². The molecule has 2 aromatic rings. The molecule has 104 valence electrons. The number of hydrogen-bond donors (Lipinski definition) is 0. The lowest BCUT2D eigenvalue weighted by Gasteiger charge is -2.08. The molecule has 2 rings (SSSR count). The summed E-state index contributed by atoms with van der Waals surface area (Å²) in [6.45, 7) is 0. The highest BCUT2D eigenvalue weighted by Crippen LogP contribution is 2.37. The van der Waals surface area contributed by atoms with E-state index in [4.69, 9.17) is 27.9 Å². The summed E-state index contributed by atoms with van der Waals surface area (Å²) in [5.41, 5.74) is -0.626. The number of benzene rings is 1. The van der Waals surface area contributed by atoms with Crippen molar-refractivity contribution in [2.45, 2.75) is 0 Å². The van der Waals surface area contributed by atoms with Crippen LogP contribution in [0.15, 0.2) is 18.5 Å². The van der Waals surface area contributed by atoms with Crippen LogP contribution in [0.5, 0.6) is 5.88 Å². The van der Waals surface area contributed by atoms with Crippen LogP contribution in [-0.4, -0.2) is 22.0 Å². The van der Waals surface area contributed by atoms with Crippen molar-refractivity contribution in [3.63, 3.8) is 0 Å². The van der Waals surface area contributed by atoms with E-state index >= 15 is 0 Å². The van der Waals surface area contributed by atoms with Crippen LogP contribution < -0.4 is 4.74 Å². The normalized spacial score (nSPS) is 10.4. The Morgan fingerprint density at radius 2 is 2.05 bits per heavy atom. The molecule has 0 radical (unpaired) electrons. The topological polar surface area (TPSA) is 78.2 Å². The molecule has 0 atom stereocenters. The molecule has 0 aliphatic carbocycles. The van der Waals surface area contributed by atoms with Gasteiger partial charge in [0.2, 0.25) is 5.88 Å². The molecule has 0 bridgehead atoms. The van der Waals surface area contributed by atoms with E-state index in [0.29, 0.717) is 0 Å². The summed E-state index contributed by atoms with van der Waals surface area (Å²) in [7, 11) is 1.33. The number of hydrogen-bond acceptors (Lipinski definition) is 5. The first-order chi connectivity index (χ1) is 9.45. The van der Waals surface area contributed by atoms with Gasteiger partial charge in [0.15, 0.2) is 0 Å². The number of nitrogens with zero attached hydrogens (tertiary/aromatic N) is 3. The molecule has 0 amide bonds. The van der Waals surface area contributed by atoms with Crippen LogP contribution in [0.1, 0.15) is 0 Å². The molecule has 0 aliphatic heterocycles. The first-order valence-electron chi connectivity index (χ1n) is 5.14. The van der Waals surface area contributed by atoms with Crippen molar-refractivity contribution in [1.29, 1.82) is 0 Å². The van der Waals surface area contributed by atoms with Gasteiger partial charge in [-0.1, -0.05) is 23.2 Å². The molecule has 0 saturated heterocycles. The predicted octanol–water partition coefficient (Wildman–Crippen LogP) is 3.51. The third kappa shape index (κ3) is 2.50. The van der Waals surface area contributed by atoms with Gasteiger partial charge >= 0.3 is 0 Å². The Bertz CT molecular complexity index is 697. The fourth-order valence-corrected chi connectivity index (χ4v) is 2.04. The molecule has 20 heavy (non-hydrogen) atoms. The summed E-state index contributed by atoms with van der Waals surface area (Å²) in [5, 5.41) is 10.5. The van der Waals surface area contributed by atoms with Gasteiger partial charge in [-0.25, -0.2) is 14.4 Å². The second-order valence-corrected chi connectivity index (χ2v) is 4.37. The number of ether oxygens (including phenoxy) is 1. The summed E-state index contributed by atoms with van der Waals surface area (Å²) in [6, 6.07) is 1.80. The maximum atomic E-state index is 13.9. The van der Waals surface area contributed by atoms with Crippen LogP contribution in [0.25, 0.3) is 11.3 Å².